The summed E-state index contributed by atoms with van der Waals surface area (Å²) in [4.78, 5) is 7.19. The largest absolute Gasteiger partial charge is 0.345 e. The van der Waals surface area contributed by atoms with Crippen molar-refractivity contribution in [3.8, 4) is 11.1 Å². The molecule has 1 heterocycles. The first-order chi connectivity index (χ1) is 12.9. The summed E-state index contributed by atoms with van der Waals surface area (Å²) in [7, 11) is 0. The topological polar surface area (TPSA) is 40.7 Å². The Bertz CT molecular complexity index is 928. The Balaban J connectivity index is 1.50. The molecule has 1 aromatic heterocycles. The van der Waals surface area contributed by atoms with E-state index >= 15 is 0 Å². The zero-order valence-electron chi connectivity index (χ0n) is 15.8. The summed E-state index contributed by atoms with van der Waals surface area (Å²) in [5, 5.41) is 3.34. The van der Waals surface area contributed by atoms with Crippen molar-refractivity contribution in [2.24, 2.45) is 5.41 Å². The van der Waals surface area contributed by atoms with Gasteiger partial charge in [-0.05, 0) is 66.5 Å². The molecule has 4 rings (SSSR count). The van der Waals surface area contributed by atoms with Crippen LogP contribution in [0.4, 0.5) is 8.78 Å². The normalized spacial score (nSPS) is 17.5. The van der Waals surface area contributed by atoms with Crippen LogP contribution in [-0.2, 0) is 6.54 Å². The van der Waals surface area contributed by atoms with Gasteiger partial charge in [-0.2, -0.15) is 0 Å². The maximum atomic E-state index is 14.6. The second kappa shape index (κ2) is 7.04. The first-order valence-corrected chi connectivity index (χ1v) is 9.56. The molecule has 0 atom stereocenters. The number of hydrogen-bond donors (Lipinski definition) is 2. The van der Waals surface area contributed by atoms with Crippen LogP contribution in [0.3, 0.4) is 0 Å². The Morgan fingerprint density at radius 3 is 2.48 bits per heavy atom. The van der Waals surface area contributed by atoms with Crippen LogP contribution in [0.2, 0.25) is 0 Å². The van der Waals surface area contributed by atoms with E-state index in [1.54, 1.807) is 6.33 Å². The molecule has 2 N–H and O–H groups in total. The van der Waals surface area contributed by atoms with Gasteiger partial charge in [0.2, 0.25) is 0 Å². The Labute approximate surface area is 158 Å². The minimum Gasteiger partial charge on any atom is -0.345 e. The highest BCUT2D eigenvalue weighted by atomic mass is 19.1. The number of nitrogens with zero attached hydrogens (tertiary/aromatic N) is 1. The molecule has 0 unspecified atom stereocenters. The number of fused-ring (bicyclic) bond motifs is 1. The molecule has 27 heavy (non-hydrogen) atoms. The van der Waals surface area contributed by atoms with E-state index in [0.717, 1.165) is 42.3 Å². The number of hydrogen-bond acceptors (Lipinski definition) is 2. The molecule has 1 saturated carbocycles. The third-order valence-electron chi connectivity index (χ3n) is 5.80. The highest BCUT2D eigenvalue weighted by molar-refractivity contribution is 5.81. The van der Waals surface area contributed by atoms with E-state index < -0.39 is 11.6 Å². The van der Waals surface area contributed by atoms with Crippen LogP contribution in [0.15, 0.2) is 36.7 Å². The lowest BCUT2D eigenvalue weighted by Gasteiger charge is -2.34. The maximum Gasteiger partial charge on any atom is 0.131 e. The van der Waals surface area contributed by atoms with Crippen molar-refractivity contribution in [1.29, 1.82) is 0 Å². The van der Waals surface area contributed by atoms with E-state index in [0.29, 0.717) is 17.0 Å². The molecular weight excluding hydrogens is 344 g/mol. The van der Waals surface area contributed by atoms with E-state index in [1.165, 1.54) is 12.1 Å². The molecule has 0 spiro atoms. The quantitative estimate of drug-likeness (QED) is 0.631. The van der Waals surface area contributed by atoms with Crippen LogP contribution in [0.5, 0.6) is 0 Å². The summed E-state index contributed by atoms with van der Waals surface area (Å²) in [6, 6.07) is 8.71. The van der Waals surface area contributed by atoms with E-state index in [9.17, 15) is 8.78 Å². The van der Waals surface area contributed by atoms with E-state index in [1.807, 2.05) is 18.2 Å². The Morgan fingerprint density at radius 1 is 1.07 bits per heavy atom. The van der Waals surface area contributed by atoms with Crippen LogP contribution in [0.25, 0.3) is 22.2 Å². The van der Waals surface area contributed by atoms with Gasteiger partial charge in [0.05, 0.1) is 17.4 Å². The zero-order chi connectivity index (χ0) is 19.0. The second-order valence-corrected chi connectivity index (χ2v) is 8.37. The Morgan fingerprint density at radius 2 is 1.78 bits per heavy atom. The number of benzene rings is 2. The molecule has 0 amide bonds. The third-order valence-corrected chi connectivity index (χ3v) is 5.80. The number of rotatable bonds is 4. The predicted molar refractivity (Wildman–Crippen MR) is 104 cm³/mol. The predicted octanol–water partition coefficient (Wildman–Crippen LogP) is 5.57. The van der Waals surface area contributed by atoms with Gasteiger partial charge in [0.25, 0.3) is 0 Å². The molecule has 1 aliphatic carbocycles. The first kappa shape index (κ1) is 18.1. The van der Waals surface area contributed by atoms with Crippen molar-refractivity contribution in [3.63, 3.8) is 0 Å². The monoisotopic (exact) mass is 369 g/mol. The van der Waals surface area contributed by atoms with Gasteiger partial charge in [-0.3, -0.25) is 0 Å². The Hall–Kier alpha value is -2.27. The van der Waals surface area contributed by atoms with E-state index in [4.69, 9.17) is 0 Å². The lowest BCUT2D eigenvalue weighted by Crippen LogP contribution is -2.35. The fraction of sp³-hybridized carbons (Fsp3) is 0.409. The standard InChI is InChI=1S/C22H25F2N3/c1-22(2)7-5-16(6-8-22)25-12-17-18(23)9-15(10-19(17)24)14-3-4-20-21(11-14)27-13-26-20/h3-4,9-11,13,16,25H,5-8,12H2,1-2H3,(H,26,27). The SMILES string of the molecule is CC1(C)CCC(NCc2c(F)cc(-c3ccc4nc[nH]c4c3)cc2F)CC1. The molecule has 0 radical (unpaired) electrons. The van der Waals surface area contributed by atoms with Gasteiger partial charge in [-0.15, -0.1) is 0 Å². The van der Waals surface area contributed by atoms with Gasteiger partial charge in [-0.1, -0.05) is 19.9 Å². The summed E-state index contributed by atoms with van der Waals surface area (Å²) in [5.74, 6) is -1.00. The first-order valence-electron chi connectivity index (χ1n) is 9.56. The molecule has 0 saturated heterocycles. The fourth-order valence-corrected chi connectivity index (χ4v) is 3.90. The van der Waals surface area contributed by atoms with Crippen LogP contribution >= 0.6 is 0 Å². The molecule has 5 heteroatoms. The number of nitrogens with one attached hydrogen (secondary N) is 2. The molecular formula is C22H25F2N3. The van der Waals surface area contributed by atoms with Crippen molar-refractivity contribution >= 4 is 11.0 Å². The van der Waals surface area contributed by atoms with Crippen LogP contribution in [0, 0.1) is 17.0 Å². The summed E-state index contributed by atoms with van der Waals surface area (Å²) in [6.07, 6.45) is 6.00. The lowest BCUT2D eigenvalue weighted by atomic mass is 9.75. The molecule has 1 aliphatic rings. The summed E-state index contributed by atoms with van der Waals surface area (Å²) in [6.45, 7) is 4.78. The summed E-state index contributed by atoms with van der Waals surface area (Å²) in [5.41, 5.74) is 3.47. The van der Waals surface area contributed by atoms with Gasteiger partial charge >= 0.3 is 0 Å². The smallest absolute Gasteiger partial charge is 0.131 e. The van der Waals surface area contributed by atoms with E-state index in [-0.39, 0.29) is 12.1 Å². The number of imidazole rings is 1. The maximum absolute atomic E-state index is 14.6. The highest BCUT2D eigenvalue weighted by Crippen LogP contribution is 2.35. The minimum atomic E-state index is -0.502. The second-order valence-electron chi connectivity index (χ2n) is 8.37. The fourth-order valence-electron chi connectivity index (χ4n) is 3.90. The zero-order valence-corrected chi connectivity index (χ0v) is 15.8. The van der Waals surface area contributed by atoms with Crippen molar-refractivity contribution in [3.05, 3.63) is 53.9 Å². The van der Waals surface area contributed by atoms with Crippen molar-refractivity contribution in [2.75, 3.05) is 0 Å². The lowest BCUT2D eigenvalue weighted by molar-refractivity contribution is 0.205. The molecule has 1 fully saturated rings. The van der Waals surface area contributed by atoms with Crippen molar-refractivity contribution in [2.45, 2.75) is 52.1 Å². The summed E-state index contributed by atoms with van der Waals surface area (Å²) >= 11 is 0. The molecule has 3 nitrogen and oxygen atoms in total. The summed E-state index contributed by atoms with van der Waals surface area (Å²) < 4.78 is 29.3. The molecule has 0 bridgehead atoms. The number of aromatic amines is 1. The van der Waals surface area contributed by atoms with Gasteiger partial charge in [0.1, 0.15) is 11.6 Å². The Kier molecular flexibility index (Phi) is 4.72. The molecule has 142 valence electrons. The van der Waals surface area contributed by atoms with Crippen LogP contribution < -0.4 is 5.32 Å². The van der Waals surface area contributed by atoms with Gasteiger partial charge < -0.3 is 10.3 Å². The molecule has 2 aromatic carbocycles. The number of halogens is 2. The average Bonchev–Trinajstić information content (AvgIpc) is 3.09. The molecule has 3 aromatic rings. The number of H-pyrrole nitrogens is 1. The van der Waals surface area contributed by atoms with Gasteiger partial charge in [0.15, 0.2) is 0 Å². The van der Waals surface area contributed by atoms with Gasteiger partial charge in [-0.25, -0.2) is 13.8 Å². The van der Waals surface area contributed by atoms with Gasteiger partial charge in [0, 0.05) is 18.2 Å². The highest BCUT2D eigenvalue weighted by Gasteiger charge is 2.26. The van der Waals surface area contributed by atoms with Crippen LogP contribution in [-0.4, -0.2) is 16.0 Å². The third kappa shape index (κ3) is 3.88. The number of aromatic nitrogens is 2. The minimum absolute atomic E-state index is 0.117. The van der Waals surface area contributed by atoms with Crippen molar-refractivity contribution in [1.82, 2.24) is 15.3 Å². The van der Waals surface area contributed by atoms with Crippen molar-refractivity contribution < 1.29 is 8.78 Å². The van der Waals surface area contributed by atoms with Crippen LogP contribution in [0.1, 0.15) is 45.1 Å². The molecule has 0 aliphatic heterocycles. The van der Waals surface area contributed by atoms with E-state index in [2.05, 4.69) is 29.1 Å². The average molecular weight is 369 g/mol.